The van der Waals surface area contributed by atoms with Gasteiger partial charge in [-0.1, -0.05) is 15.9 Å². The second kappa shape index (κ2) is 11.2. The number of hydrogen-bond acceptors (Lipinski definition) is 7. The minimum atomic E-state index is -1.30. The number of ether oxygens (including phenoxy) is 2. The first kappa shape index (κ1) is 25.2. The molecule has 0 spiro atoms. The Morgan fingerprint density at radius 1 is 1.18 bits per heavy atom. The fraction of sp³-hybridized carbons (Fsp3) is 0.182. The first-order valence-corrected chi connectivity index (χ1v) is 11.4. The third kappa shape index (κ3) is 6.35. The van der Waals surface area contributed by atoms with Crippen LogP contribution in [-0.4, -0.2) is 52.8 Å². The highest BCUT2D eigenvalue weighted by atomic mass is 79.9. The largest absolute Gasteiger partial charge is 0.490 e. The van der Waals surface area contributed by atoms with E-state index in [9.17, 15) is 23.6 Å². The van der Waals surface area contributed by atoms with Gasteiger partial charge in [-0.05, 0) is 66.7 Å². The molecule has 3 amide bonds. The highest BCUT2D eigenvalue weighted by Gasteiger charge is 2.36. The zero-order valence-electron chi connectivity index (χ0n) is 17.7. The van der Waals surface area contributed by atoms with Gasteiger partial charge < -0.3 is 19.9 Å². The maximum Gasteiger partial charge on any atom is 0.323 e. The van der Waals surface area contributed by atoms with Gasteiger partial charge in [0.15, 0.2) is 18.1 Å². The molecule has 0 aliphatic carbocycles. The summed E-state index contributed by atoms with van der Waals surface area (Å²) in [6, 6.07) is 8.38. The Morgan fingerprint density at radius 2 is 1.85 bits per heavy atom. The van der Waals surface area contributed by atoms with Crippen molar-refractivity contribution in [3.63, 3.8) is 0 Å². The Hall–Kier alpha value is -3.38. The van der Waals surface area contributed by atoms with Crippen LogP contribution in [0, 0.1) is 5.82 Å². The molecule has 1 saturated heterocycles. The Kier molecular flexibility index (Phi) is 8.29. The van der Waals surface area contributed by atoms with Crippen molar-refractivity contribution >= 4 is 62.5 Å². The molecule has 2 aromatic carbocycles. The van der Waals surface area contributed by atoms with Crippen LogP contribution in [0.1, 0.15) is 12.5 Å². The fourth-order valence-electron chi connectivity index (χ4n) is 2.83. The summed E-state index contributed by atoms with van der Waals surface area (Å²) in [5.41, 5.74) is 0.890. The maximum atomic E-state index is 13.0. The lowest BCUT2D eigenvalue weighted by Crippen LogP contribution is -2.33. The van der Waals surface area contributed by atoms with Crippen molar-refractivity contribution in [3.8, 4) is 11.5 Å². The summed E-state index contributed by atoms with van der Waals surface area (Å²) >= 11 is 4.00. The van der Waals surface area contributed by atoms with Gasteiger partial charge in [0.2, 0.25) is 0 Å². The molecular weight excluding hydrogens is 535 g/mol. The molecule has 1 aliphatic heterocycles. The Balaban J connectivity index is 1.76. The number of thioether (sulfide) groups is 1. The van der Waals surface area contributed by atoms with E-state index in [0.717, 1.165) is 0 Å². The summed E-state index contributed by atoms with van der Waals surface area (Å²) in [6.45, 7) is 0.968. The number of carboxylic acids is 1. The lowest BCUT2D eigenvalue weighted by molar-refractivity contribution is -0.140. The van der Waals surface area contributed by atoms with Gasteiger partial charge in [0, 0.05) is 10.2 Å². The molecule has 178 valence electrons. The molecule has 2 aromatic rings. The minimum Gasteiger partial charge on any atom is -0.490 e. The summed E-state index contributed by atoms with van der Waals surface area (Å²) < 4.78 is 24.7. The van der Waals surface area contributed by atoms with E-state index in [-0.39, 0.29) is 29.6 Å². The van der Waals surface area contributed by atoms with Crippen LogP contribution in [-0.2, 0) is 14.4 Å². The SMILES string of the molecule is CCOc1cc(/C=C2/SC(=O)N(CC(=O)O)C2=O)c(Br)cc1OCC(=O)Nc1ccc(F)cc1. The van der Waals surface area contributed by atoms with Crippen LogP contribution < -0.4 is 14.8 Å². The average Bonchev–Trinajstić information content (AvgIpc) is 3.03. The number of hydrogen-bond donors (Lipinski definition) is 2. The molecule has 0 unspecified atom stereocenters. The summed E-state index contributed by atoms with van der Waals surface area (Å²) in [6.07, 6.45) is 1.43. The predicted molar refractivity (Wildman–Crippen MR) is 126 cm³/mol. The van der Waals surface area contributed by atoms with E-state index in [1.165, 1.54) is 30.3 Å². The van der Waals surface area contributed by atoms with Crippen molar-refractivity contribution in [1.82, 2.24) is 4.90 Å². The number of carbonyl (C=O) groups excluding carboxylic acids is 3. The molecule has 3 rings (SSSR count). The highest BCUT2D eigenvalue weighted by molar-refractivity contribution is 9.10. The van der Waals surface area contributed by atoms with Crippen molar-refractivity contribution in [1.29, 1.82) is 0 Å². The van der Waals surface area contributed by atoms with Crippen molar-refractivity contribution in [2.24, 2.45) is 0 Å². The van der Waals surface area contributed by atoms with E-state index < -0.39 is 35.4 Å². The van der Waals surface area contributed by atoms with Crippen molar-refractivity contribution in [2.75, 3.05) is 25.1 Å². The van der Waals surface area contributed by atoms with Gasteiger partial charge in [-0.25, -0.2) is 4.39 Å². The van der Waals surface area contributed by atoms with Crippen LogP contribution in [0.3, 0.4) is 0 Å². The van der Waals surface area contributed by atoms with Crippen molar-refractivity contribution in [2.45, 2.75) is 6.92 Å². The molecule has 0 bridgehead atoms. The number of rotatable bonds is 9. The number of nitrogens with zero attached hydrogens (tertiary/aromatic N) is 1. The number of aliphatic carboxylic acids is 1. The van der Waals surface area contributed by atoms with E-state index in [4.69, 9.17) is 14.6 Å². The first-order valence-electron chi connectivity index (χ1n) is 9.79. The molecule has 1 aliphatic rings. The Morgan fingerprint density at radius 3 is 2.50 bits per heavy atom. The number of carboxylic acid groups (broad SMARTS) is 1. The van der Waals surface area contributed by atoms with E-state index in [2.05, 4.69) is 21.2 Å². The smallest absolute Gasteiger partial charge is 0.323 e. The zero-order valence-corrected chi connectivity index (χ0v) is 20.1. The maximum absolute atomic E-state index is 13.0. The molecule has 1 fully saturated rings. The molecule has 0 radical (unpaired) electrons. The average molecular weight is 553 g/mol. The van der Waals surface area contributed by atoms with Gasteiger partial charge >= 0.3 is 5.97 Å². The number of anilines is 1. The zero-order chi connectivity index (χ0) is 24.8. The molecule has 9 nitrogen and oxygen atoms in total. The van der Waals surface area contributed by atoms with E-state index in [1.807, 2.05) is 0 Å². The minimum absolute atomic E-state index is 0.0572. The van der Waals surface area contributed by atoms with E-state index in [0.29, 0.717) is 32.4 Å². The third-order valence-corrected chi connectivity index (χ3v) is 5.90. The number of nitrogens with one attached hydrogen (secondary N) is 1. The fourth-order valence-corrected chi connectivity index (χ4v) is 4.09. The molecule has 0 saturated carbocycles. The number of benzene rings is 2. The van der Waals surface area contributed by atoms with Crippen LogP contribution >= 0.6 is 27.7 Å². The van der Waals surface area contributed by atoms with Crippen LogP contribution in [0.15, 0.2) is 45.8 Å². The Bertz CT molecular complexity index is 1170. The van der Waals surface area contributed by atoms with Crippen molar-refractivity contribution < 1.29 is 38.1 Å². The molecule has 0 aromatic heterocycles. The van der Waals surface area contributed by atoms with Gasteiger partial charge in [0.05, 0.1) is 11.5 Å². The monoisotopic (exact) mass is 552 g/mol. The Labute approximate surface area is 206 Å². The van der Waals surface area contributed by atoms with Crippen LogP contribution in [0.25, 0.3) is 6.08 Å². The number of halogens is 2. The van der Waals surface area contributed by atoms with Crippen molar-refractivity contribution in [3.05, 3.63) is 57.2 Å². The summed E-state index contributed by atoms with van der Waals surface area (Å²) in [4.78, 5) is 48.2. The molecular formula is C22H18BrFN2O7S. The lowest BCUT2D eigenvalue weighted by Gasteiger charge is -2.14. The van der Waals surface area contributed by atoms with Crippen LogP contribution in [0.2, 0.25) is 0 Å². The van der Waals surface area contributed by atoms with E-state index in [1.54, 1.807) is 19.1 Å². The number of carbonyl (C=O) groups is 4. The van der Waals surface area contributed by atoms with Crippen LogP contribution in [0.5, 0.6) is 11.5 Å². The van der Waals surface area contributed by atoms with Gasteiger partial charge in [-0.15, -0.1) is 0 Å². The van der Waals surface area contributed by atoms with Gasteiger partial charge in [0.25, 0.3) is 17.1 Å². The number of imide groups is 1. The molecule has 2 N–H and O–H groups in total. The standard InChI is InChI=1S/C22H18BrFN2O7S/c1-2-32-16-7-12(8-18-21(30)26(10-20(28)29)22(31)34-18)15(23)9-17(16)33-11-19(27)25-14-5-3-13(24)4-6-14/h3-9H,2,10-11H2,1H3,(H,25,27)(H,28,29)/b18-8+. The molecule has 34 heavy (non-hydrogen) atoms. The number of amides is 3. The molecule has 1 heterocycles. The predicted octanol–water partition coefficient (Wildman–Crippen LogP) is 4.13. The normalized spacial score (nSPS) is 14.4. The molecule has 0 atom stereocenters. The van der Waals surface area contributed by atoms with Crippen LogP contribution in [0.4, 0.5) is 14.9 Å². The van der Waals surface area contributed by atoms with E-state index >= 15 is 0 Å². The van der Waals surface area contributed by atoms with Gasteiger partial charge in [-0.2, -0.15) is 0 Å². The topological polar surface area (TPSA) is 122 Å². The highest BCUT2D eigenvalue weighted by Crippen LogP contribution is 2.38. The second-order valence-electron chi connectivity index (χ2n) is 6.76. The van der Waals surface area contributed by atoms with Gasteiger partial charge in [-0.3, -0.25) is 24.1 Å². The summed E-state index contributed by atoms with van der Waals surface area (Å²) in [5.74, 6) is -2.36. The summed E-state index contributed by atoms with van der Waals surface area (Å²) in [5, 5.41) is 10.8. The van der Waals surface area contributed by atoms with Gasteiger partial charge in [0.1, 0.15) is 12.4 Å². The lowest BCUT2D eigenvalue weighted by atomic mass is 10.2. The summed E-state index contributed by atoms with van der Waals surface area (Å²) in [7, 11) is 0. The second-order valence-corrected chi connectivity index (χ2v) is 8.61. The third-order valence-electron chi connectivity index (χ3n) is 4.30. The quantitative estimate of drug-likeness (QED) is 0.445. The molecule has 12 heteroatoms. The first-order chi connectivity index (χ1) is 16.2.